The molecule has 1 saturated heterocycles. The maximum Gasteiger partial charge on any atom is 0.282 e. The van der Waals surface area contributed by atoms with Crippen LogP contribution in [0.5, 0.6) is 0 Å². The first-order chi connectivity index (χ1) is 11.2. The Hall–Kier alpha value is -0.0800. The zero-order valence-corrected chi connectivity index (χ0v) is 16.3. The van der Waals surface area contributed by atoms with Gasteiger partial charge in [0.1, 0.15) is 4.33 Å². The van der Waals surface area contributed by atoms with Gasteiger partial charge in [0.05, 0.1) is 5.92 Å². The molecule has 0 radical (unpaired) electrons. The van der Waals surface area contributed by atoms with Gasteiger partial charge in [0.15, 0.2) is 0 Å². The van der Waals surface area contributed by atoms with E-state index in [1.807, 2.05) is 0 Å². The number of halogens is 2. The van der Waals surface area contributed by atoms with E-state index < -0.39 is 14.5 Å². The quantitative estimate of drug-likeness (QED) is 0.679. The van der Waals surface area contributed by atoms with Crippen molar-refractivity contribution >= 4 is 39.3 Å². The summed E-state index contributed by atoms with van der Waals surface area (Å²) >= 11 is 11.9. The summed E-state index contributed by atoms with van der Waals surface area (Å²) in [5.41, 5.74) is 0. The predicted molar refractivity (Wildman–Crippen MR) is 94.3 cm³/mol. The van der Waals surface area contributed by atoms with Crippen molar-refractivity contribution in [2.24, 2.45) is 5.92 Å². The Balaban J connectivity index is 1.56. The lowest BCUT2D eigenvalue weighted by Crippen LogP contribution is -2.55. The monoisotopic (exact) mass is 397 g/mol. The predicted octanol–water partition coefficient (Wildman–Crippen LogP) is 1.83. The van der Waals surface area contributed by atoms with Crippen LogP contribution in [0.3, 0.4) is 0 Å². The van der Waals surface area contributed by atoms with Crippen molar-refractivity contribution in [3.63, 3.8) is 0 Å². The highest BCUT2D eigenvalue weighted by Gasteiger charge is 2.57. The van der Waals surface area contributed by atoms with E-state index >= 15 is 0 Å². The molecule has 6 nitrogen and oxygen atoms in total. The van der Waals surface area contributed by atoms with Crippen LogP contribution in [0.4, 0.5) is 0 Å². The molecule has 2 saturated carbocycles. The molecule has 0 aromatic carbocycles. The Morgan fingerprint density at radius 2 is 1.62 bits per heavy atom. The largest absolute Gasteiger partial charge is 0.340 e. The Bertz CT molecular complexity index is 585. The molecule has 1 amide bonds. The Kier molecular flexibility index (Phi) is 5.39. The van der Waals surface area contributed by atoms with Gasteiger partial charge in [-0.2, -0.15) is 17.0 Å². The van der Waals surface area contributed by atoms with Crippen molar-refractivity contribution in [1.29, 1.82) is 0 Å². The van der Waals surface area contributed by atoms with Crippen LogP contribution in [0.1, 0.15) is 38.5 Å². The minimum absolute atomic E-state index is 0.0577. The van der Waals surface area contributed by atoms with E-state index in [0.29, 0.717) is 32.6 Å². The lowest BCUT2D eigenvalue weighted by molar-refractivity contribution is -0.133. The number of amides is 1. The number of rotatable bonds is 4. The number of nitrogens with zero attached hydrogens (tertiary/aromatic N) is 3. The molecule has 0 spiro atoms. The van der Waals surface area contributed by atoms with Gasteiger partial charge in [0, 0.05) is 39.3 Å². The average Bonchev–Trinajstić information content (AvgIpc) is 3.23. The third kappa shape index (κ3) is 3.70. The first kappa shape index (κ1) is 18.7. The fraction of sp³-hybridized carbons (Fsp3) is 0.933. The second kappa shape index (κ2) is 6.91. The molecule has 1 unspecified atom stereocenters. The summed E-state index contributed by atoms with van der Waals surface area (Å²) in [6, 6.07) is 0.1000. The van der Waals surface area contributed by atoms with Gasteiger partial charge in [-0.15, -0.1) is 23.2 Å². The summed E-state index contributed by atoms with van der Waals surface area (Å²) in [6.45, 7) is 1.46. The van der Waals surface area contributed by atoms with E-state index in [0.717, 1.165) is 25.7 Å². The number of alkyl halides is 2. The first-order valence-electron chi connectivity index (χ1n) is 8.63. The SMILES string of the molecule is CN(C1CCCCC1)S(=O)(=O)N1CCN(C(=O)C2CC2(Cl)Cl)CC1. The molecular formula is C15H25Cl2N3O3S. The lowest BCUT2D eigenvalue weighted by Gasteiger charge is -2.38. The van der Waals surface area contributed by atoms with Crippen molar-refractivity contribution in [3.8, 4) is 0 Å². The van der Waals surface area contributed by atoms with Crippen molar-refractivity contribution in [3.05, 3.63) is 0 Å². The van der Waals surface area contributed by atoms with Gasteiger partial charge in [0.2, 0.25) is 5.91 Å². The maximum absolute atomic E-state index is 12.8. The van der Waals surface area contributed by atoms with E-state index in [2.05, 4.69) is 0 Å². The zero-order valence-electron chi connectivity index (χ0n) is 14.0. The fourth-order valence-corrected chi connectivity index (χ4v) is 5.73. The van der Waals surface area contributed by atoms with Gasteiger partial charge >= 0.3 is 0 Å². The third-order valence-corrected chi connectivity index (χ3v) is 8.33. The van der Waals surface area contributed by atoms with Crippen molar-refractivity contribution in [2.45, 2.75) is 48.9 Å². The highest BCUT2D eigenvalue weighted by molar-refractivity contribution is 7.86. The van der Waals surface area contributed by atoms with Crippen LogP contribution in [0, 0.1) is 5.92 Å². The van der Waals surface area contributed by atoms with Gasteiger partial charge in [-0.05, 0) is 19.3 Å². The molecule has 1 atom stereocenters. The highest BCUT2D eigenvalue weighted by atomic mass is 35.5. The molecule has 138 valence electrons. The van der Waals surface area contributed by atoms with Crippen LogP contribution in [-0.4, -0.2) is 71.4 Å². The number of hydrogen-bond donors (Lipinski definition) is 0. The number of carbonyl (C=O) groups is 1. The Morgan fingerprint density at radius 3 is 2.12 bits per heavy atom. The standard InChI is InChI=1S/C15H25Cl2N3O3S/c1-18(12-5-3-2-4-6-12)24(22,23)20-9-7-19(8-10-20)14(21)13-11-15(13,16)17/h12-13H,2-11H2,1H3. The first-order valence-corrected chi connectivity index (χ1v) is 10.8. The van der Waals surface area contributed by atoms with Crippen LogP contribution in [0.2, 0.25) is 0 Å². The van der Waals surface area contributed by atoms with Crippen molar-refractivity contribution in [2.75, 3.05) is 33.2 Å². The smallest absolute Gasteiger partial charge is 0.282 e. The average molecular weight is 398 g/mol. The zero-order chi connectivity index (χ0) is 17.5. The summed E-state index contributed by atoms with van der Waals surface area (Å²) in [7, 11) is -1.78. The normalized spacial score (nSPS) is 29.0. The summed E-state index contributed by atoms with van der Waals surface area (Å²) in [6.07, 6.45) is 5.72. The summed E-state index contributed by atoms with van der Waals surface area (Å²) in [4.78, 5) is 14.0. The molecule has 3 fully saturated rings. The van der Waals surface area contributed by atoms with E-state index in [1.54, 1.807) is 11.9 Å². The van der Waals surface area contributed by atoms with Crippen LogP contribution in [0.25, 0.3) is 0 Å². The van der Waals surface area contributed by atoms with E-state index in [-0.39, 0.29) is 17.9 Å². The molecule has 0 bridgehead atoms. The fourth-order valence-electron chi connectivity index (χ4n) is 3.66. The summed E-state index contributed by atoms with van der Waals surface area (Å²) in [5, 5.41) is 0. The molecule has 9 heteroatoms. The second-order valence-corrected chi connectivity index (χ2v) is 10.6. The highest BCUT2D eigenvalue weighted by Crippen LogP contribution is 2.53. The third-order valence-electron chi connectivity index (χ3n) is 5.45. The van der Waals surface area contributed by atoms with Gasteiger partial charge in [-0.1, -0.05) is 19.3 Å². The number of piperazine rings is 1. The van der Waals surface area contributed by atoms with E-state index in [9.17, 15) is 13.2 Å². The molecule has 24 heavy (non-hydrogen) atoms. The number of carbonyl (C=O) groups excluding carboxylic acids is 1. The Morgan fingerprint density at radius 1 is 1.08 bits per heavy atom. The number of hydrogen-bond acceptors (Lipinski definition) is 3. The van der Waals surface area contributed by atoms with Crippen molar-refractivity contribution in [1.82, 2.24) is 13.5 Å². The topological polar surface area (TPSA) is 60.9 Å². The van der Waals surface area contributed by atoms with Crippen LogP contribution < -0.4 is 0 Å². The van der Waals surface area contributed by atoms with E-state index in [4.69, 9.17) is 23.2 Å². The Labute approximate surface area is 154 Å². The second-order valence-electron chi connectivity index (χ2n) is 7.06. The van der Waals surface area contributed by atoms with Crippen molar-refractivity contribution < 1.29 is 13.2 Å². The van der Waals surface area contributed by atoms with Crippen LogP contribution >= 0.6 is 23.2 Å². The van der Waals surface area contributed by atoms with Gasteiger partial charge in [-0.3, -0.25) is 4.79 Å². The molecule has 1 aliphatic heterocycles. The lowest BCUT2D eigenvalue weighted by atomic mass is 9.96. The van der Waals surface area contributed by atoms with Gasteiger partial charge < -0.3 is 4.90 Å². The summed E-state index contributed by atoms with van der Waals surface area (Å²) in [5.74, 6) is -0.397. The summed E-state index contributed by atoms with van der Waals surface area (Å²) < 4.78 is 27.7. The molecule has 1 heterocycles. The minimum Gasteiger partial charge on any atom is -0.340 e. The molecule has 0 N–H and O–H groups in total. The molecule has 3 aliphatic rings. The molecule has 0 aromatic heterocycles. The van der Waals surface area contributed by atoms with Gasteiger partial charge in [0.25, 0.3) is 10.2 Å². The van der Waals surface area contributed by atoms with Crippen LogP contribution in [0.15, 0.2) is 0 Å². The maximum atomic E-state index is 12.8. The van der Waals surface area contributed by atoms with Gasteiger partial charge in [-0.25, -0.2) is 0 Å². The minimum atomic E-state index is -3.46. The molecule has 2 aliphatic carbocycles. The van der Waals surface area contributed by atoms with Crippen LogP contribution in [-0.2, 0) is 15.0 Å². The molecular weight excluding hydrogens is 373 g/mol. The molecule has 0 aromatic rings. The van der Waals surface area contributed by atoms with E-state index in [1.165, 1.54) is 15.0 Å². The molecule has 3 rings (SSSR count).